The molecule has 1 heterocycles. The summed E-state index contributed by atoms with van der Waals surface area (Å²) in [7, 11) is 0. The molecule has 0 aliphatic heterocycles. The molecule has 17 heavy (non-hydrogen) atoms. The fourth-order valence-corrected chi connectivity index (χ4v) is 3.21. The summed E-state index contributed by atoms with van der Waals surface area (Å²) in [5.74, 6) is 0.886. The number of hydrogen-bond donors (Lipinski definition) is 1. The van der Waals surface area contributed by atoms with Crippen LogP contribution >= 0.6 is 23.4 Å². The van der Waals surface area contributed by atoms with Crippen LogP contribution in [-0.4, -0.2) is 27.5 Å². The molecule has 3 nitrogen and oxygen atoms in total. The number of halogens is 1. The summed E-state index contributed by atoms with van der Waals surface area (Å²) in [6, 6.07) is 0.519. The first-order chi connectivity index (χ1) is 8.19. The van der Waals surface area contributed by atoms with Crippen molar-refractivity contribution in [1.29, 1.82) is 0 Å². The monoisotopic (exact) mass is 271 g/mol. The highest BCUT2D eigenvalue weighted by Crippen LogP contribution is 2.29. The SMILES string of the molecule is CSC1CCCC(Nc2nc(Cl)ncc2C)C1. The standard InChI is InChI=1S/C12H18ClN3S/c1-8-7-14-12(13)16-11(8)15-9-4-3-5-10(6-9)17-2/h7,9-10H,3-6H2,1-2H3,(H,14,15,16). The number of hydrogen-bond acceptors (Lipinski definition) is 4. The molecule has 94 valence electrons. The molecular formula is C12H18ClN3S. The van der Waals surface area contributed by atoms with Crippen molar-refractivity contribution in [3.8, 4) is 0 Å². The van der Waals surface area contributed by atoms with Crippen molar-refractivity contribution in [2.45, 2.75) is 43.9 Å². The highest BCUT2D eigenvalue weighted by Gasteiger charge is 2.21. The van der Waals surface area contributed by atoms with E-state index in [9.17, 15) is 0 Å². The van der Waals surface area contributed by atoms with E-state index < -0.39 is 0 Å². The Balaban J connectivity index is 2.02. The van der Waals surface area contributed by atoms with Gasteiger partial charge in [-0.15, -0.1) is 0 Å². The molecule has 1 aliphatic carbocycles. The van der Waals surface area contributed by atoms with Crippen molar-refractivity contribution in [1.82, 2.24) is 9.97 Å². The minimum Gasteiger partial charge on any atom is -0.367 e. The maximum absolute atomic E-state index is 5.82. The molecule has 1 aromatic rings. The summed E-state index contributed by atoms with van der Waals surface area (Å²) in [6.07, 6.45) is 9.02. The lowest BCUT2D eigenvalue weighted by molar-refractivity contribution is 0.472. The van der Waals surface area contributed by atoms with Crippen molar-refractivity contribution >= 4 is 29.2 Å². The number of anilines is 1. The van der Waals surface area contributed by atoms with E-state index in [0.717, 1.165) is 16.6 Å². The topological polar surface area (TPSA) is 37.8 Å². The molecule has 0 radical (unpaired) electrons. The van der Waals surface area contributed by atoms with E-state index in [4.69, 9.17) is 11.6 Å². The molecule has 2 unspecified atom stereocenters. The zero-order valence-corrected chi connectivity index (χ0v) is 11.8. The van der Waals surface area contributed by atoms with Crippen LogP contribution in [-0.2, 0) is 0 Å². The third-order valence-electron chi connectivity index (χ3n) is 3.24. The predicted molar refractivity (Wildman–Crippen MR) is 75.0 cm³/mol. The Hall–Kier alpha value is -0.480. The van der Waals surface area contributed by atoms with Gasteiger partial charge >= 0.3 is 0 Å². The van der Waals surface area contributed by atoms with E-state index in [1.54, 1.807) is 6.20 Å². The van der Waals surface area contributed by atoms with Crippen molar-refractivity contribution in [3.05, 3.63) is 17.0 Å². The lowest BCUT2D eigenvalue weighted by Gasteiger charge is -2.29. The molecule has 0 saturated heterocycles. The molecule has 0 bridgehead atoms. The first-order valence-electron chi connectivity index (χ1n) is 5.97. The fraction of sp³-hybridized carbons (Fsp3) is 0.667. The van der Waals surface area contributed by atoms with Crippen LogP contribution in [0.15, 0.2) is 6.20 Å². The predicted octanol–water partition coefficient (Wildman–Crippen LogP) is 3.52. The van der Waals surface area contributed by atoms with E-state index in [2.05, 4.69) is 21.5 Å². The Bertz CT molecular complexity index is 386. The van der Waals surface area contributed by atoms with Gasteiger partial charge in [0.15, 0.2) is 0 Å². The lowest BCUT2D eigenvalue weighted by Crippen LogP contribution is -2.29. The number of aromatic nitrogens is 2. The largest absolute Gasteiger partial charge is 0.367 e. The molecule has 1 fully saturated rings. The number of aryl methyl sites for hydroxylation is 1. The molecule has 1 N–H and O–H groups in total. The molecule has 2 atom stereocenters. The maximum Gasteiger partial charge on any atom is 0.224 e. The molecule has 1 aromatic heterocycles. The summed E-state index contributed by atoms with van der Waals surface area (Å²) in [4.78, 5) is 8.23. The summed E-state index contributed by atoms with van der Waals surface area (Å²) in [5.41, 5.74) is 1.06. The molecule has 1 aliphatic rings. The van der Waals surface area contributed by atoms with Crippen LogP contribution in [0.2, 0.25) is 5.28 Å². The first-order valence-corrected chi connectivity index (χ1v) is 7.64. The highest BCUT2D eigenvalue weighted by atomic mass is 35.5. The summed E-state index contributed by atoms with van der Waals surface area (Å²) in [6.45, 7) is 2.01. The van der Waals surface area contributed by atoms with Crippen LogP contribution in [0.3, 0.4) is 0 Å². The average molecular weight is 272 g/mol. The van der Waals surface area contributed by atoms with Crippen molar-refractivity contribution < 1.29 is 0 Å². The summed E-state index contributed by atoms with van der Waals surface area (Å²) < 4.78 is 0. The number of nitrogens with one attached hydrogen (secondary N) is 1. The van der Waals surface area contributed by atoms with Gasteiger partial charge in [-0.25, -0.2) is 9.97 Å². The Kier molecular flexibility index (Phi) is 4.51. The molecule has 5 heteroatoms. The molecule has 0 amide bonds. The molecular weight excluding hydrogens is 254 g/mol. The zero-order valence-electron chi connectivity index (χ0n) is 10.2. The lowest BCUT2D eigenvalue weighted by atomic mass is 9.95. The summed E-state index contributed by atoms with van der Waals surface area (Å²) in [5, 5.41) is 4.60. The van der Waals surface area contributed by atoms with Crippen LogP contribution in [0.4, 0.5) is 5.82 Å². The van der Waals surface area contributed by atoms with E-state index in [-0.39, 0.29) is 0 Å². The van der Waals surface area contributed by atoms with E-state index in [1.807, 2.05) is 18.7 Å². The Morgan fingerprint density at radius 1 is 1.47 bits per heavy atom. The first kappa shape index (κ1) is 13.0. The van der Waals surface area contributed by atoms with Crippen molar-refractivity contribution in [2.75, 3.05) is 11.6 Å². The van der Waals surface area contributed by atoms with Gasteiger partial charge in [0.1, 0.15) is 5.82 Å². The van der Waals surface area contributed by atoms with E-state index >= 15 is 0 Å². The van der Waals surface area contributed by atoms with Gasteiger partial charge < -0.3 is 5.32 Å². The minimum atomic E-state index is 0.315. The molecule has 0 spiro atoms. The van der Waals surface area contributed by atoms with Gasteiger partial charge in [0, 0.05) is 23.1 Å². The van der Waals surface area contributed by atoms with Gasteiger partial charge in [0.2, 0.25) is 5.28 Å². The second-order valence-electron chi connectivity index (χ2n) is 4.54. The third kappa shape index (κ3) is 3.49. The quantitative estimate of drug-likeness (QED) is 0.854. The third-order valence-corrected chi connectivity index (χ3v) is 4.52. The van der Waals surface area contributed by atoms with Gasteiger partial charge in [-0.1, -0.05) is 6.42 Å². The van der Waals surface area contributed by atoms with Gasteiger partial charge in [0.05, 0.1) is 0 Å². The number of thioether (sulfide) groups is 1. The minimum absolute atomic E-state index is 0.315. The average Bonchev–Trinajstić information content (AvgIpc) is 2.34. The molecule has 0 aromatic carbocycles. The van der Waals surface area contributed by atoms with E-state index in [1.165, 1.54) is 25.7 Å². The van der Waals surface area contributed by atoms with Crippen LogP contribution in [0.25, 0.3) is 0 Å². The normalized spacial score (nSPS) is 24.6. The second-order valence-corrected chi connectivity index (χ2v) is 6.01. The Morgan fingerprint density at radius 3 is 3.06 bits per heavy atom. The van der Waals surface area contributed by atoms with E-state index in [0.29, 0.717) is 11.3 Å². The van der Waals surface area contributed by atoms with Gasteiger partial charge in [-0.2, -0.15) is 11.8 Å². The Morgan fingerprint density at radius 2 is 2.29 bits per heavy atom. The van der Waals surface area contributed by atoms with Crippen LogP contribution in [0, 0.1) is 6.92 Å². The smallest absolute Gasteiger partial charge is 0.224 e. The van der Waals surface area contributed by atoms with Crippen molar-refractivity contribution in [2.24, 2.45) is 0 Å². The highest BCUT2D eigenvalue weighted by molar-refractivity contribution is 7.99. The number of rotatable bonds is 3. The molecule has 1 saturated carbocycles. The van der Waals surface area contributed by atoms with Gasteiger partial charge in [-0.3, -0.25) is 0 Å². The molecule has 2 rings (SSSR count). The second kappa shape index (κ2) is 5.91. The van der Waals surface area contributed by atoms with Crippen LogP contribution in [0.5, 0.6) is 0 Å². The zero-order chi connectivity index (χ0) is 12.3. The van der Waals surface area contributed by atoms with Gasteiger partial charge in [0.25, 0.3) is 0 Å². The van der Waals surface area contributed by atoms with Crippen LogP contribution in [0.1, 0.15) is 31.2 Å². The number of nitrogens with zero attached hydrogens (tertiary/aromatic N) is 2. The van der Waals surface area contributed by atoms with Crippen molar-refractivity contribution in [3.63, 3.8) is 0 Å². The van der Waals surface area contributed by atoms with Crippen LogP contribution < -0.4 is 5.32 Å². The summed E-state index contributed by atoms with van der Waals surface area (Å²) >= 11 is 7.79. The fourth-order valence-electron chi connectivity index (χ4n) is 2.25. The van der Waals surface area contributed by atoms with Gasteiger partial charge in [-0.05, 0) is 44.0 Å². The Labute approximate surface area is 112 Å². The maximum atomic E-state index is 5.82.